The SMILES string of the molecule is Cc1ccc(NC(=O)[C@H](Cc2ccccc2)N2C(=O)c3cc(Cl)c(Cl)cc3C2=O)cc1. The maximum atomic E-state index is 13.3. The zero-order valence-corrected chi connectivity index (χ0v) is 18.1. The lowest BCUT2D eigenvalue weighted by Crippen LogP contribution is -2.48. The van der Waals surface area contributed by atoms with Crippen molar-refractivity contribution < 1.29 is 14.4 Å². The zero-order valence-electron chi connectivity index (χ0n) is 16.6. The average molecular weight is 453 g/mol. The molecule has 0 spiro atoms. The highest BCUT2D eigenvalue weighted by Gasteiger charge is 2.43. The minimum Gasteiger partial charge on any atom is -0.324 e. The molecule has 7 heteroatoms. The summed E-state index contributed by atoms with van der Waals surface area (Å²) < 4.78 is 0. The molecule has 3 aromatic carbocycles. The molecule has 1 heterocycles. The van der Waals surface area contributed by atoms with Gasteiger partial charge in [0.05, 0.1) is 21.2 Å². The van der Waals surface area contributed by atoms with Crippen LogP contribution in [0.2, 0.25) is 10.0 Å². The number of benzene rings is 3. The quantitative estimate of drug-likeness (QED) is 0.544. The molecule has 0 aromatic heterocycles. The highest BCUT2D eigenvalue weighted by Crippen LogP contribution is 2.33. The third-order valence-corrected chi connectivity index (χ3v) is 5.89. The van der Waals surface area contributed by atoms with Crippen LogP contribution in [0.3, 0.4) is 0 Å². The zero-order chi connectivity index (χ0) is 22.1. The molecule has 3 aromatic rings. The van der Waals surface area contributed by atoms with Crippen LogP contribution in [0, 0.1) is 6.92 Å². The highest BCUT2D eigenvalue weighted by atomic mass is 35.5. The monoisotopic (exact) mass is 452 g/mol. The van der Waals surface area contributed by atoms with Gasteiger partial charge in [0.25, 0.3) is 11.8 Å². The second kappa shape index (κ2) is 8.53. The lowest BCUT2D eigenvalue weighted by molar-refractivity contribution is -0.119. The number of aryl methyl sites for hydroxylation is 1. The van der Waals surface area contributed by atoms with E-state index >= 15 is 0 Å². The Morgan fingerprint density at radius 1 is 0.903 bits per heavy atom. The topological polar surface area (TPSA) is 66.5 Å². The van der Waals surface area contributed by atoms with Crippen molar-refractivity contribution in [1.29, 1.82) is 0 Å². The van der Waals surface area contributed by atoms with Crippen LogP contribution in [0.25, 0.3) is 0 Å². The summed E-state index contributed by atoms with van der Waals surface area (Å²) in [5.41, 5.74) is 2.73. The number of rotatable bonds is 5. The van der Waals surface area contributed by atoms with Gasteiger partial charge in [-0.25, -0.2) is 0 Å². The van der Waals surface area contributed by atoms with E-state index in [1.807, 2.05) is 49.4 Å². The van der Waals surface area contributed by atoms with Crippen LogP contribution in [0.1, 0.15) is 31.8 Å². The predicted octanol–water partition coefficient (Wildman–Crippen LogP) is 5.15. The number of imide groups is 1. The van der Waals surface area contributed by atoms with Crippen molar-refractivity contribution in [3.8, 4) is 0 Å². The van der Waals surface area contributed by atoms with E-state index in [0.29, 0.717) is 5.69 Å². The first-order valence-electron chi connectivity index (χ1n) is 9.63. The minimum atomic E-state index is -1.05. The number of hydrogen-bond donors (Lipinski definition) is 1. The summed E-state index contributed by atoms with van der Waals surface area (Å²) >= 11 is 12.1. The molecule has 0 saturated heterocycles. The third-order valence-electron chi connectivity index (χ3n) is 5.16. The van der Waals surface area contributed by atoms with Crippen molar-refractivity contribution in [2.75, 3.05) is 5.32 Å². The first-order chi connectivity index (χ1) is 14.8. The van der Waals surface area contributed by atoms with Gasteiger partial charge < -0.3 is 5.32 Å². The van der Waals surface area contributed by atoms with E-state index in [4.69, 9.17) is 23.2 Å². The van der Waals surface area contributed by atoms with Crippen molar-refractivity contribution >= 4 is 46.6 Å². The van der Waals surface area contributed by atoms with Crippen LogP contribution in [-0.2, 0) is 11.2 Å². The van der Waals surface area contributed by atoms with E-state index in [1.54, 1.807) is 12.1 Å². The first kappa shape index (κ1) is 21.1. The van der Waals surface area contributed by atoms with Gasteiger partial charge in [-0.3, -0.25) is 19.3 Å². The Labute approximate surface area is 189 Å². The van der Waals surface area contributed by atoms with Gasteiger partial charge in [0.15, 0.2) is 0 Å². The van der Waals surface area contributed by atoms with E-state index in [9.17, 15) is 14.4 Å². The fourth-order valence-corrected chi connectivity index (χ4v) is 3.86. The second-order valence-electron chi connectivity index (χ2n) is 7.35. The summed E-state index contributed by atoms with van der Waals surface area (Å²) in [7, 11) is 0. The molecule has 1 aliphatic heterocycles. The number of carbonyl (C=O) groups is 3. The van der Waals surface area contributed by atoms with Crippen LogP contribution in [-0.4, -0.2) is 28.7 Å². The summed E-state index contributed by atoms with van der Waals surface area (Å²) in [5, 5.41) is 3.17. The fraction of sp³-hybridized carbons (Fsp3) is 0.125. The van der Waals surface area contributed by atoms with Gasteiger partial charge in [0, 0.05) is 12.1 Å². The minimum absolute atomic E-state index is 0.139. The van der Waals surface area contributed by atoms with Crippen LogP contribution < -0.4 is 5.32 Å². The van der Waals surface area contributed by atoms with Crippen molar-refractivity contribution in [3.05, 3.63) is 99.0 Å². The number of carbonyl (C=O) groups excluding carboxylic acids is 3. The molecule has 4 rings (SSSR count). The van der Waals surface area contributed by atoms with Crippen molar-refractivity contribution in [2.45, 2.75) is 19.4 Å². The molecular formula is C24H18Cl2N2O3. The Hall–Kier alpha value is -3.15. The Morgan fingerprint density at radius 3 is 2.00 bits per heavy atom. The van der Waals surface area contributed by atoms with Crippen molar-refractivity contribution in [3.63, 3.8) is 0 Å². The summed E-state index contributed by atoms with van der Waals surface area (Å²) in [4.78, 5) is 40.5. The largest absolute Gasteiger partial charge is 0.324 e. The first-order valence-corrected chi connectivity index (χ1v) is 10.4. The molecule has 0 bridgehead atoms. The van der Waals surface area contributed by atoms with Crippen LogP contribution in [0.4, 0.5) is 5.69 Å². The molecule has 0 unspecified atom stereocenters. The maximum Gasteiger partial charge on any atom is 0.262 e. The lowest BCUT2D eigenvalue weighted by Gasteiger charge is -2.25. The smallest absolute Gasteiger partial charge is 0.262 e. The molecule has 156 valence electrons. The highest BCUT2D eigenvalue weighted by molar-refractivity contribution is 6.43. The summed E-state index contributed by atoms with van der Waals surface area (Å²) in [6, 6.07) is 18.2. The molecule has 5 nitrogen and oxygen atoms in total. The van der Waals surface area contributed by atoms with Crippen LogP contribution >= 0.6 is 23.2 Å². The Morgan fingerprint density at radius 2 is 1.45 bits per heavy atom. The van der Waals surface area contributed by atoms with E-state index in [0.717, 1.165) is 16.0 Å². The normalized spacial score (nSPS) is 13.8. The van der Waals surface area contributed by atoms with E-state index in [1.165, 1.54) is 12.1 Å². The third kappa shape index (κ3) is 4.20. The average Bonchev–Trinajstić information content (AvgIpc) is 2.99. The van der Waals surface area contributed by atoms with Gasteiger partial charge in [0.2, 0.25) is 5.91 Å². The molecular weight excluding hydrogens is 435 g/mol. The van der Waals surface area contributed by atoms with Crippen LogP contribution in [0.5, 0.6) is 0 Å². The van der Waals surface area contributed by atoms with Gasteiger partial charge in [-0.15, -0.1) is 0 Å². The fourth-order valence-electron chi connectivity index (χ4n) is 3.54. The Bertz CT molecular complexity index is 1140. The maximum absolute atomic E-state index is 13.3. The summed E-state index contributed by atoms with van der Waals surface area (Å²) in [6.45, 7) is 1.94. The second-order valence-corrected chi connectivity index (χ2v) is 8.17. The molecule has 1 atom stereocenters. The number of nitrogens with one attached hydrogen (secondary N) is 1. The molecule has 0 saturated carbocycles. The molecule has 3 amide bonds. The molecule has 1 N–H and O–H groups in total. The molecule has 0 radical (unpaired) electrons. The van der Waals surface area contributed by atoms with E-state index < -0.39 is 23.8 Å². The number of hydrogen-bond acceptors (Lipinski definition) is 3. The van der Waals surface area contributed by atoms with Gasteiger partial charge >= 0.3 is 0 Å². The van der Waals surface area contributed by atoms with E-state index in [2.05, 4.69) is 5.32 Å². The van der Waals surface area contributed by atoms with Crippen molar-refractivity contribution in [1.82, 2.24) is 4.90 Å². The Kier molecular flexibility index (Phi) is 5.81. The molecule has 0 fully saturated rings. The number of halogens is 2. The van der Waals surface area contributed by atoms with Crippen LogP contribution in [0.15, 0.2) is 66.7 Å². The lowest BCUT2D eigenvalue weighted by atomic mass is 10.0. The number of amides is 3. The molecule has 31 heavy (non-hydrogen) atoms. The number of anilines is 1. The van der Waals surface area contributed by atoms with Crippen molar-refractivity contribution in [2.24, 2.45) is 0 Å². The van der Waals surface area contributed by atoms with Gasteiger partial charge in [-0.1, -0.05) is 71.2 Å². The molecule has 1 aliphatic rings. The van der Waals surface area contributed by atoms with Gasteiger partial charge in [0.1, 0.15) is 6.04 Å². The standard InChI is InChI=1S/C24H18Cl2N2O3/c1-14-7-9-16(10-8-14)27-22(29)21(11-15-5-3-2-4-6-15)28-23(30)17-12-19(25)20(26)13-18(17)24(28)31/h2-10,12-13,21H,11H2,1H3,(H,27,29)/t21-/m0/s1. The van der Waals surface area contributed by atoms with Gasteiger partial charge in [-0.05, 0) is 36.8 Å². The van der Waals surface area contributed by atoms with Gasteiger partial charge in [-0.2, -0.15) is 0 Å². The van der Waals surface area contributed by atoms with E-state index in [-0.39, 0.29) is 27.6 Å². The summed E-state index contributed by atoms with van der Waals surface area (Å²) in [6.07, 6.45) is 0.172. The number of nitrogens with zero attached hydrogens (tertiary/aromatic N) is 1. The molecule has 0 aliphatic carbocycles. The number of fused-ring (bicyclic) bond motifs is 1. The summed E-state index contributed by atoms with van der Waals surface area (Å²) in [5.74, 6) is -1.60. The predicted molar refractivity (Wildman–Crippen MR) is 121 cm³/mol. The Balaban J connectivity index is 1.70.